The molecular formula is CH6N4OS. The van der Waals surface area contributed by atoms with Crippen LogP contribution in [0.5, 0.6) is 0 Å². The molecule has 1 aliphatic heterocycles. The molecule has 1 fully saturated rings. The van der Waals surface area contributed by atoms with E-state index in [2.05, 4.69) is 15.1 Å². The summed E-state index contributed by atoms with van der Waals surface area (Å²) in [6, 6.07) is 0. The van der Waals surface area contributed by atoms with E-state index in [1.807, 2.05) is 0 Å². The van der Waals surface area contributed by atoms with Crippen molar-refractivity contribution >= 4 is 12.0 Å². The van der Waals surface area contributed by atoms with Crippen molar-refractivity contribution in [3.8, 4) is 0 Å². The van der Waals surface area contributed by atoms with Crippen LogP contribution < -0.4 is 22.5 Å². The van der Waals surface area contributed by atoms with Gasteiger partial charge in [0.15, 0.2) is 0 Å². The Labute approximate surface area is 44.9 Å². The maximum atomic E-state index is 5.24. The van der Waals surface area contributed by atoms with Crippen LogP contribution >= 0.6 is 12.0 Å². The fraction of sp³-hybridized carbons (Fsp3) is 1.00. The zero-order chi connectivity index (χ0) is 5.33. The third-order valence-electron chi connectivity index (χ3n) is 0.509. The first kappa shape index (κ1) is 5.29. The van der Waals surface area contributed by atoms with E-state index >= 15 is 0 Å². The molecule has 0 aromatic heterocycles. The van der Waals surface area contributed by atoms with Crippen LogP contribution in [0.3, 0.4) is 0 Å². The molecule has 0 aliphatic carbocycles. The maximum absolute atomic E-state index is 5.24. The van der Waals surface area contributed by atoms with E-state index in [-0.39, 0.29) is 0 Å². The van der Waals surface area contributed by atoms with Gasteiger partial charge in [0.2, 0.25) is 0 Å². The molecule has 0 bridgehead atoms. The van der Waals surface area contributed by atoms with Gasteiger partial charge < -0.3 is 0 Å². The van der Waals surface area contributed by atoms with Crippen LogP contribution in [0.4, 0.5) is 0 Å². The first-order valence-electron chi connectivity index (χ1n) is 1.65. The van der Waals surface area contributed by atoms with Gasteiger partial charge >= 0.3 is 0 Å². The molecule has 1 aliphatic rings. The third kappa shape index (κ3) is 1.27. The summed E-state index contributed by atoms with van der Waals surface area (Å²) < 4.78 is 4.58. The van der Waals surface area contributed by atoms with Gasteiger partial charge in [-0.15, -0.1) is 0 Å². The van der Waals surface area contributed by atoms with Crippen LogP contribution in [0.15, 0.2) is 0 Å². The van der Waals surface area contributed by atoms with Crippen molar-refractivity contribution < 1.29 is 4.18 Å². The first-order valence-corrected chi connectivity index (χ1v) is 2.39. The first-order chi connectivity index (χ1) is 3.27. The fourth-order valence-electron chi connectivity index (χ4n) is 0.187. The molecule has 0 amide bonds. The molecule has 0 spiro atoms. The van der Waals surface area contributed by atoms with Crippen molar-refractivity contribution in [2.45, 2.75) is 5.18 Å². The standard InChI is InChI=1S/CH6N4OS/c2-1(4-5-3)6-7-1/h4-5H,2-3H2. The predicted molar refractivity (Wildman–Crippen MR) is 26.1 cm³/mol. The van der Waals surface area contributed by atoms with Crippen molar-refractivity contribution in [2.24, 2.45) is 11.6 Å². The van der Waals surface area contributed by atoms with E-state index in [0.717, 1.165) is 12.0 Å². The summed E-state index contributed by atoms with van der Waals surface area (Å²) in [5, 5.41) is -0.769. The fourth-order valence-corrected chi connectivity index (χ4v) is 0.419. The summed E-state index contributed by atoms with van der Waals surface area (Å²) >= 11 is 1.12. The normalized spacial score (nSPS) is 38.6. The van der Waals surface area contributed by atoms with E-state index in [4.69, 9.17) is 11.6 Å². The molecule has 1 saturated heterocycles. The molecule has 6 N–H and O–H groups in total. The summed E-state index contributed by atoms with van der Waals surface area (Å²) in [4.78, 5) is 0. The van der Waals surface area contributed by atoms with Crippen LogP contribution in [-0.4, -0.2) is 5.18 Å². The van der Waals surface area contributed by atoms with Crippen LogP contribution in [0.2, 0.25) is 0 Å². The van der Waals surface area contributed by atoms with Crippen LogP contribution in [-0.2, 0) is 4.18 Å². The Kier molecular flexibility index (Phi) is 1.20. The number of hydrogen-bond acceptors (Lipinski definition) is 6. The molecule has 1 atom stereocenters. The second-order valence-corrected chi connectivity index (χ2v) is 2.04. The number of hydrazine groups is 2. The van der Waals surface area contributed by atoms with Gasteiger partial charge in [-0.25, -0.2) is 0 Å². The average Bonchev–Trinajstić information content (AvgIpc) is 2.22. The van der Waals surface area contributed by atoms with Crippen LogP contribution in [0.1, 0.15) is 0 Å². The summed E-state index contributed by atoms with van der Waals surface area (Å²) in [7, 11) is 0. The highest BCUT2D eigenvalue weighted by molar-refractivity contribution is 8.01. The van der Waals surface area contributed by atoms with Gasteiger partial charge in [-0.3, -0.25) is 15.8 Å². The number of rotatable bonds is 2. The number of nitrogens with two attached hydrogens (primary N) is 2. The number of nitrogens with one attached hydrogen (secondary N) is 2. The average molecular weight is 122 g/mol. The summed E-state index contributed by atoms with van der Waals surface area (Å²) in [6.07, 6.45) is 0. The molecule has 5 nitrogen and oxygen atoms in total. The summed E-state index contributed by atoms with van der Waals surface area (Å²) in [6.45, 7) is 0. The van der Waals surface area contributed by atoms with E-state index in [0.29, 0.717) is 0 Å². The second-order valence-electron chi connectivity index (χ2n) is 1.10. The molecule has 42 valence electrons. The zero-order valence-electron chi connectivity index (χ0n) is 3.47. The Balaban J connectivity index is 2.13. The molecule has 0 aromatic rings. The van der Waals surface area contributed by atoms with Crippen molar-refractivity contribution in [1.29, 1.82) is 0 Å². The SMILES string of the molecule is NNNC1(N)OS1. The lowest BCUT2D eigenvalue weighted by molar-refractivity contribution is 0.241. The minimum absolute atomic E-state index is 0.769. The van der Waals surface area contributed by atoms with Gasteiger partial charge in [-0.2, -0.15) is 11.0 Å². The number of hydrogen-bond donors (Lipinski definition) is 4. The van der Waals surface area contributed by atoms with E-state index in [1.54, 1.807) is 0 Å². The molecule has 7 heavy (non-hydrogen) atoms. The molecule has 1 heterocycles. The molecule has 0 radical (unpaired) electrons. The molecule has 1 rings (SSSR count). The van der Waals surface area contributed by atoms with Gasteiger partial charge in [-0.1, -0.05) is 0 Å². The highest BCUT2D eigenvalue weighted by atomic mass is 32.2. The van der Waals surface area contributed by atoms with Crippen molar-refractivity contribution in [2.75, 3.05) is 0 Å². The van der Waals surface area contributed by atoms with E-state index < -0.39 is 5.18 Å². The highest BCUT2D eigenvalue weighted by Gasteiger charge is 2.43. The Morgan fingerprint density at radius 3 is 2.43 bits per heavy atom. The Morgan fingerprint density at radius 2 is 2.29 bits per heavy atom. The van der Waals surface area contributed by atoms with Gasteiger partial charge in [0, 0.05) is 0 Å². The lowest BCUT2D eigenvalue weighted by Crippen LogP contribution is -2.51. The van der Waals surface area contributed by atoms with E-state index in [9.17, 15) is 0 Å². The topological polar surface area (TPSA) is 88.6 Å². The quantitative estimate of drug-likeness (QED) is 0.114. The van der Waals surface area contributed by atoms with Gasteiger partial charge in [0.25, 0.3) is 5.18 Å². The lowest BCUT2D eigenvalue weighted by atomic mass is 11.1. The van der Waals surface area contributed by atoms with Crippen molar-refractivity contribution in [3.05, 3.63) is 0 Å². The predicted octanol–water partition coefficient (Wildman–Crippen LogP) is -1.80. The monoisotopic (exact) mass is 122 g/mol. The minimum atomic E-state index is -0.769. The Bertz CT molecular complexity index is 72.1. The smallest absolute Gasteiger partial charge is 0.274 e. The molecule has 1 unspecified atom stereocenters. The van der Waals surface area contributed by atoms with Crippen molar-refractivity contribution in [1.82, 2.24) is 11.0 Å². The summed E-state index contributed by atoms with van der Waals surface area (Å²) in [5.74, 6) is 4.82. The largest absolute Gasteiger partial charge is 0.278 e. The van der Waals surface area contributed by atoms with E-state index in [1.165, 1.54) is 0 Å². The second kappa shape index (κ2) is 1.58. The van der Waals surface area contributed by atoms with Gasteiger partial charge in [0.1, 0.15) is 0 Å². The zero-order valence-corrected chi connectivity index (χ0v) is 4.29. The lowest BCUT2D eigenvalue weighted by Gasteiger charge is -2.00. The Hall–Kier alpha value is 0.150. The third-order valence-corrected chi connectivity index (χ3v) is 1.14. The maximum Gasteiger partial charge on any atom is 0.274 e. The van der Waals surface area contributed by atoms with Gasteiger partial charge in [0.05, 0.1) is 12.0 Å². The molecule has 6 heteroatoms. The van der Waals surface area contributed by atoms with Crippen molar-refractivity contribution in [3.63, 3.8) is 0 Å². The summed E-state index contributed by atoms with van der Waals surface area (Å²) in [5.41, 5.74) is 9.84. The minimum Gasteiger partial charge on any atom is -0.278 e. The highest BCUT2D eigenvalue weighted by Crippen LogP contribution is 2.38. The van der Waals surface area contributed by atoms with Crippen LogP contribution in [0, 0.1) is 0 Å². The molecule has 0 saturated carbocycles. The molecular weight excluding hydrogens is 116 g/mol. The van der Waals surface area contributed by atoms with Crippen LogP contribution in [0.25, 0.3) is 0 Å². The Morgan fingerprint density at radius 1 is 1.71 bits per heavy atom. The van der Waals surface area contributed by atoms with Gasteiger partial charge in [-0.05, 0) is 0 Å². The molecule has 0 aromatic carbocycles.